The molecule has 5 nitrogen and oxygen atoms in total. The summed E-state index contributed by atoms with van der Waals surface area (Å²) < 4.78 is 5.75. The Kier molecular flexibility index (Phi) is 6.19. The fourth-order valence-electron chi connectivity index (χ4n) is 3.56. The molecule has 1 saturated heterocycles. The molecule has 0 atom stereocenters. The van der Waals surface area contributed by atoms with E-state index in [2.05, 4.69) is 25.7 Å². The maximum absolute atomic E-state index is 13.1. The van der Waals surface area contributed by atoms with Crippen LogP contribution in [-0.2, 0) is 9.59 Å². The fourth-order valence-corrected chi connectivity index (χ4v) is 3.56. The average molecular weight is 370 g/mol. The van der Waals surface area contributed by atoms with Crippen LogP contribution in [-0.4, -0.2) is 47.9 Å². The van der Waals surface area contributed by atoms with Gasteiger partial charge in [-0.1, -0.05) is 39.3 Å². The first-order chi connectivity index (χ1) is 13.0. The molecule has 2 aliphatic heterocycles. The van der Waals surface area contributed by atoms with Crippen molar-refractivity contribution in [3.63, 3.8) is 0 Å². The maximum Gasteiger partial charge on any atom is 0.277 e. The summed E-state index contributed by atoms with van der Waals surface area (Å²) in [7, 11) is 0. The van der Waals surface area contributed by atoms with Gasteiger partial charge in [0.25, 0.3) is 11.8 Å². The molecule has 3 rings (SSSR count). The number of hydrogen-bond acceptors (Lipinski definition) is 4. The molecule has 2 amide bonds. The number of nitrogens with zero attached hydrogens (tertiary/aromatic N) is 2. The first-order valence-corrected chi connectivity index (χ1v) is 10.1. The molecule has 2 heterocycles. The van der Waals surface area contributed by atoms with Crippen LogP contribution in [0, 0.1) is 5.92 Å². The standard InChI is InChI=1S/C22H30N2O3/c1-4-5-14-24-21(25)19(20(22(24)26)23-12-6-7-13-23)17-8-10-18(11-9-17)27-15-16(2)3/h8-11,16H,4-7,12-15H2,1-3H3. The molecule has 0 radical (unpaired) electrons. The van der Waals surface area contributed by atoms with Gasteiger partial charge in [-0.15, -0.1) is 0 Å². The van der Waals surface area contributed by atoms with Crippen LogP contribution in [0.3, 0.4) is 0 Å². The largest absolute Gasteiger partial charge is 0.493 e. The Hall–Kier alpha value is -2.30. The van der Waals surface area contributed by atoms with E-state index in [0.717, 1.165) is 50.1 Å². The molecule has 0 spiro atoms. The number of rotatable bonds is 8. The number of hydrogen-bond donors (Lipinski definition) is 0. The number of ether oxygens (including phenoxy) is 1. The molecule has 1 aromatic carbocycles. The van der Waals surface area contributed by atoms with Gasteiger partial charge in [0.2, 0.25) is 0 Å². The minimum absolute atomic E-state index is 0.134. The van der Waals surface area contributed by atoms with Crippen molar-refractivity contribution in [3.05, 3.63) is 35.5 Å². The number of carbonyl (C=O) groups excluding carboxylic acids is 2. The van der Waals surface area contributed by atoms with E-state index in [9.17, 15) is 9.59 Å². The lowest BCUT2D eigenvalue weighted by atomic mass is 10.0. The Morgan fingerprint density at radius 1 is 1.04 bits per heavy atom. The predicted octanol–water partition coefficient (Wildman–Crippen LogP) is 3.70. The molecule has 2 aliphatic rings. The van der Waals surface area contributed by atoms with Crippen LogP contribution in [0.5, 0.6) is 5.75 Å². The zero-order valence-electron chi connectivity index (χ0n) is 16.7. The molecule has 1 aromatic rings. The lowest BCUT2D eigenvalue weighted by molar-refractivity contribution is -0.137. The van der Waals surface area contributed by atoms with E-state index in [-0.39, 0.29) is 11.8 Å². The van der Waals surface area contributed by atoms with E-state index in [1.807, 2.05) is 24.3 Å². The van der Waals surface area contributed by atoms with E-state index in [1.165, 1.54) is 4.90 Å². The molecular formula is C22H30N2O3. The summed E-state index contributed by atoms with van der Waals surface area (Å²) in [5, 5.41) is 0. The molecule has 0 bridgehead atoms. The number of carbonyl (C=O) groups is 2. The summed E-state index contributed by atoms with van der Waals surface area (Å²) >= 11 is 0. The van der Waals surface area contributed by atoms with Crippen molar-refractivity contribution in [1.29, 1.82) is 0 Å². The van der Waals surface area contributed by atoms with Crippen molar-refractivity contribution in [1.82, 2.24) is 9.80 Å². The SMILES string of the molecule is CCCCN1C(=O)C(c2ccc(OCC(C)C)cc2)=C(N2CCCC2)C1=O. The Morgan fingerprint density at radius 3 is 2.30 bits per heavy atom. The third kappa shape index (κ3) is 4.18. The summed E-state index contributed by atoms with van der Waals surface area (Å²) in [5.41, 5.74) is 1.93. The van der Waals surface area contributed by atoms with Gasteiger partial charge in [0, 0.05) is 19.6 Å². The Bertz CT molecular complexity index is 716. The van der Waals surface area contributed by atoms with Crippen molar-refractivity contribution >= 4 is 17.4 Å². The highest BCUT2D eigenvalue weighted by Crippen LogP contribution is 2.34. The normalized spacial score (nSPS) is 17.6. The van der Waals surface area contributed by atoms with Crippen molar-refractivity contribution in [2.24, 2.45) is 5.92 Å². The van der Waals surface area contributed by atoms with Crippen LogP contribution >= 0.6 is 0 Å². The van der Waals surface area contributed by atoms with E-state index in [1.54, 1.807) is 0 Å². The molecular weight excluding hydrogens is 340 g/mol. The first kappa shape index (κ1) is 19.5. The Labute approximate surface area is 162 Å². The zero-order valence-corrected chi connectivity index (χ0v) is 16.7. The average Bonchev–Trinajstić information content (AvgIpc) is 3.26. The summed E-state index contributed by atoms with van der Waals surface area (Å²) in [5.74, 6) is 0.947. The summed E-state index contributed by atoms with van der Waals surface area (Å²) in [6.45, 7) is 9.11. The summed E-state index contributed by atoms with van der Waals surface area (Å²) in [6.07, 6.45) is 3.91. The van der Waals surface area contributed by atoms with Crippen LogP contribution in [0.2, 0.25) is 0 Å². The van der Waals surface area contributed by atoms with Gasteiger partial charge in [0.1, 0.15) is 11.4 Å². The van der Waals surface area contributed by atoms with Crippen molar-refractivity contribution in [2.75, 3.05) is 26.2 Å². The Morgan fingerprint density at radius 2 is 1.70 bits per heavy atom. The highest BCUT2D eigenvalue weighted by atomic mass is 16.5. The highest BCUT2D eigenvalue weighted by molar-refractivity contribution is 6.35. The van der Waals surface area contributed by atoms with Crippen molar-refractivity contribution < 1.29 is 14.3 Å². The van der Waals surface area contributed by atoms with Gasteiger partial charge in [-0.3, -0.25) is 14.5 Å². The molecule has 0 aromatic heterocycles. The fraction of sp³-hybridized carbons (Fsp3) is 0.545. The van der Waals surface area contributed by atoms with Gasteiger partial charge in [-0.25, -0.2) is 0 Å². The maximum atomic E-state index is 13.1. The minimum atomic E-state index is -0.161. The molecule has 0 saturated carbocycles. The third-order valence-corrected chi connectivity index (χ3v) is 5.03. The van der Waals surface area contributed by atoms with Crippen molar-refractivity contribution in [3.8, 4) is 5.75 Å². The topological polar surface area (TPSA) is 49.9 Å². The molecule has 5 heteroatoms. The molecule has 0 aliphatic carbocycles. The zero-order chi connectivity index (χ0) is 19.4. The minimum Gasteiger partial charge on any atom is -0.493 e. The van der Waals surface area contributed by atoms with E-state index >= 15 is 0 Å². The molecule has 0 N–H and O–H groups in total. The van der Waals surface area contributed by atoms with Gasteiger partial charge in [-0.05, 0) is 42.9 Å². The van der Waals surface area contributed by atoms with Gasteiger partial charge < -0.3 is 9.64 Å². The number of amides is 2. The van der Waals surface area contributed by atoms with Crippen LogP contribution in [0.25, 0.3) is 5.57 Å². The number of benzene rings is 1. The smallest absolute Gasteiger partial charge is 0.277 e. The number of likely N-dealkylation sites (tertiary alicyclic amines) is 1. The van der Waals surface area contributed by atoms with E-state index in [4.69, 9.17) is 4.74 Å². The van der Waals surface area contributed by atoms with Gasteiger partial charge in [0.05, 0.1) is 12.2 Å². The van der Waals surface area contributed by atoms with Crippen molar-refractivity contribution in [2.45, 2.75) is 46.5 Å². The first-order valence-electron chi connectivity index (χ1n) is 10.1. The van der Waals surface area contributed by atoms with Gasteiger partial charge in [-0.2, -0.15) is 0 Å². The van der Waals surface area contributed by atoms with Crippen LogP contribution in [0.1, 0.15) is 52.0 Å². The highest BCUT2D eigenvalue weighted by Gasteiger charge is 2.41. The molecule has 146 valence electrons. The molecule has 1 fully saturated rings. The quantitative estimate of drug-likeness (QED) is 0.655. The number of unbranched alkanes of at least 4 members (excludes halogenated alkanes) is 1. The lowest BCUT2D eigenvalue weighted by Crippen LogP contribution is -2.35. The summed E-state index contributed by atoms with van der Waals surface area (Å²) in [6, 6.07) is 7.57. The molecule has 0 unspecified atom stereocenters. The molecule has 27 heavy (non-hydrogen) atoms. The second-order valence-electron chi connectivity index (χ2n) is 7.76. The second-order valence-corrected chi connectivity index (χ2v) is 7.76. The Balaban J connectivity index is 1.90. The van der Waals surface area contributed by atoms with E-state index in [0.29, 0.717) is 30.3 Å². The lowest BCUT2D eigenvalue weighted by Gasteiger charge is -2.20. The third-order valence-electron chi connectivity index (χ3n) is 5.03. The van der Waals surface area contributed by atoms with E-state index < -0.39 is 0 Å². The predicted molar refractivity (Wildman–Crippen MR) is 106 cm³/mol. The monoisotopic (exact) mass is 370 g/mol. The van der Waals surface area contributed by atoms with Gasteiger partial charge >= 0.3 is 0 Å². The van der Waals surface area contributed by atoms with Crippen LogP contribution < -0.4 is 4.74 Å². The van der Waals surface area contributed by atoms with Gasteiger partial charge in [0.15, 0.2) is 0 Å². The van der Waals surface area contributed by atoms with Crippen LogP contribution in [0.15, 0.2) is 30.0 Å². The summed E-state index contributed by atoms with van der Waals surface area (Å²) in [4.78, 5) is 29.6. The van der Waals surface area contributed by atoms with Crippen LogP contribution in [0.4, 0.5) is 0 Å². The number of imide groups is 1. The second kappa shape index (κ2) is 8.59.